The Morgan fingerprint density at radius 1 is 1.07 bits per heavy atom. The Morgan fingerprint density at radius 2 is 1.89 bits per heavy atom. The van der Waals surface area contributed by atoms with Gasteiger partial charge in [0, 0.05) is 11.4 Å². The fourth-order valence-electron chi connectivity index (χ4n) is 4.43. The lowest BCUT2D eigenvalue weighted by molar-refractivity contribution is 0.0508. The molecule has 0 aliphatic carbocycles. The molecule has 142 valence electrons. The number of furan rings is 1. The number of carbonyl (C=O) groups is 1. The number of para-hydroxylation sites is 1. The average Bonchev–Trinajstić information content (AvgIpc) is 3.16. The predicted molar refractivity (Wildman–Crippen MR) is 109 cm³/mol. The maximum Gasteiger partial charge on any atom is 0.410 e. The van der Waals surface area contributed by atoms with Crippen LogP contribution in [0, 0.1) is 0 Å². The molecule has 2 unspecified atom stereocenters. The van der Waals surface area contributed by atoms with Crippen LogP contribution in [-0.4, -0.2) is 23.1 Å². The maximum atomic E-state index is 12.8. The molecule has 0 radical (unpaired) electrons. The normalized spacial score (nSPS) is 21.4. The van der Waals surface area contributed by atoms with Gasteiger partial charge in [0.15, 0.2) is 0 Å². The molecule has 0 N–H and O–H groups in total. The van der Waals surface area contributed by atoms with Crippen LogP contribution in [0.2, 0.25) is 0 Å². The van der Waals surface area contributed by atoms with Crippen molar-refractivity contribution >= 4 is 22.6 Å². The SMILES string of the molecule is O=C(OCc1ccccc1)N1C2C=C(c3cc4ccccc4o3)CC1CCC2. The van der Waals surface area contributed by atoms with Crippen LogP contribution < -0.4 is 0 Å². The monoisotopic (exact) mass is 373 g/mol. The van der Waals surface area contributed by atoms with E-state index in [9.17, 15) is 4.79 Å². The van der Waals surface area contributed by atoms with E-state index in [4.69, 9.17) is 9.15 Å². The molecule has 3 heterocycles. The van der Waals surface area contributed by atoms with E-state index in [-0.39, 0.29) is 18.2 Å². The molecular weight excluding hydrogens is 350 g/mol. The summed E-state index contributed by atoms with van der Waals surface area (Å²) in [6.45, 7) is 0.315. The van der Waals surface area contributed by atoms with Gasteiger partial charge in [0.05, 0.1) is 6.04 Å². The molecule has 2 aliphatic heterocycles. The second-order valence-corrected chi connectivity index (χ2v) is 7.64. The Morgan fingerprint density at radius 3 is 2.71 bits per heavy atom. The number of benzene rings is 2. The standard InChI is InChI=1S/C24H23NO3/c26-24(27-16-17-7-2-1-3-8-17)25-20-10-6-11-21(25)14-19(13-20)23-15-18-9-4-5-12-22(18)28-23/h1-5,7-9,12-13,15,20-21H,6,10-11,14,16H2. The minimum Gasteiger partial charge on any atom is -0.456 e. The third-order valence-electron chi connectivity index (χ3n) is 5.80. The lowest BCUT2D eigenvalue weighted by Gasteiger charge is -2.43. The molecule has 1 aromatic heterocycles. The summed E-state index contributed by atoms with van der Waals surface area (Å²) in [7, 11) is 0. The first kappa shape index (κ1) is 17.1. The van der Waals surface area contributed by atoms with Crippen molar-refractivity contribution < 1.29 is 13.9 Å². The lowest BCUT2D eigenvalue weighted by Crippen LogP contribution is -2.51. The number of carbonyl (C=O) groups excluding carboxylic acids is 1. The van der Waals surface area contributed by atoms with Crippen LogP contribution in [0.3, 0.4) is 0 Å². The van der Waals surface area contributed by atoms with Gasteiger partial charge in [-0.2, -0.15) is 0 Å². The molecule has 0 spiro atoms. The van der Waals surface area contributed by atoms with Gasteiger partial charge < -0.3 is 9.15 Å². The Hall–Kier alpha value is -3.01. The quantitative estimate of drug-likeness (QED) is 0.584. The highest BCUT2D eigenvalue weighted by atomic mass is 16.6. The van der Waals surface area contributed by atoms with Gasteiger partial charge in [-0.3, -0.25) is 4.90 Å². The fourth-order valence-corrected chi connectivity index (χ4v) is 4.43. The first-order valence-corrected chi connectivity index (χ1v) is 9.96. The summed E-state index contributed by atoms with van der Waals surface area (Å²) in [6.07, 6.45) is 5.93. The van der Waals surface area contributed by atoms with Crippen LogP contribution in [-0.2, 0) is 11.3 Å². The number of hydrogen-bond donors (Lipinski definition) is 0. The van der Waals surface area contributed by atoms with E-state index in [0.717, 1.165) is 48.0 Å². The second-order valence-electron chi connectivity index (χ2n) is 7.64. The van der Waals surface area contributed by atoms with E-state index in [1.807, 2.05) is 53.4 Å². The molecule has 2 aromatic carbocycles. The van der Waals surface area contributed by atoms with E-state index in [2.05, 4.69) is 18.2 Å². The van der Waals surface area contributed by atoms with Crippen molar-refractivity contribution in [1.29, 1.82) is 0 Å². The molecule has 0 saturated carbocycles. The van der Waals surface area contributed by atoms with Gasteiger partial charge in [-0.25, -0.2) is 4.79 Å². The van der Waals surface area contributed by atoms with Crippen LogP contribution in [0.25, 0.3) is 16.5 Å². The van der Waals surface area contributed by atoms with Gasteiger partial charge in [-0.15, -0.1) is 0 Å². The summed E-state index contributed by atoms with van der Waals surface area (Å²) < 4.78 is 11.7. The summed E-state index contributed by atoms with van der Waals surface area (Å²) in [6, 6.07) is 20.3. The molecule has 28 heavy (non-hydrogen) atoms. The Balaban J connectivity index is 1.36. The zero-order valence-corrected chi connectivity index (χ0v) is 15.7. The first-order chi connectivity index (χ1) is 13.8. The number of rotatable bonds is 3. The maximum absolute atomic E-state index is 12.8. The Bertz CT molecular complexity index is 988. The van der Waals surface area contributed by atoms with Gasteiger partial charge in [0.1, 0.15) is 18.0 Å². The van der Waals surface area contributed by atoms with E-state index in [1.54, 1.807) is 0 Å². The zero-order chi connectivity index (χ0) is 18.9. The van der Waals surface area contributed by atoms with E-state index >= 15 is 0 Å². The number of fused-ring (bicyclic) bond motifs is 3. The van der Waals surface area contributed by atoms with Crippen molar-refractivity contribution in [3.05, 3.63) is 78.1 Å². The molecular formula is C24H23NO3. The summed E-state index contributed by atoms with van der Waals surface area (Å²) in [5, 5.41) is 1.12. The van der Waals surface area contributed by atoms with Crippen LogP contribution in [0.5, 0.6) is 0 Å². The topological polar surface area (TPSA) is 42.7 Å². The van der Waals surface area contributed by atoms with Crippen molar-refractivity contribution in [3.8, 4) is 0 Å². The molecule has 2 bridgehead atoms. The molecule has 4 nitrogen and oxygen atoms in total. The molecule has 3 aromatic rings. The Kier molecular flexibility index (Phi) is 4.40. The molecule has 4 heteroatoms. The molecule has 1 fully saturated rings. The number of amides is 1. The first-order valence-electron chi connectivity index (χ1n) is 9.96. The van der Waals surface area contributed by atoms with Crippen molar-refractivity contribution in [1.82, 2.24) is 4.90 Å². The smallest absolute Gasteiger partial charge is 0.410 e. The highest BCUT2D eigenvalue weighted by molar-refractivity contribution is 5.82. The van der Waals surface area contributed by atoms with E-state index in [0.29, 0.717) is 6.61 Å². The van der Waals surface area contributed by atoms with E-state index in [1.165, 1.54) is 5.57 Å². The number of nitrogens with zero attached hydrogens (tertiary/aromatic N) is 1. The number of piperidine rings is 1. The van der Waals surface area contributed by atoms with Crippen LogP contribution >= 0.6 is 0 Å². The lowest BCUT2D eigenvalue weighted by atomic mass is 9.84. The van der Waals surface area contributed by atoms with Gasteiger partial charge in [-0.05, 0) is 49.0 Å². The Labute approximate surface area is 164 Å². The van der Waals surface area contributed by atoms with Gasteiger partial charge in [0.25, 0.3) is 0 Å². The summed E-state index contributed by atoms with van der Waals surface area (Å²) in [5.41, 5.74) is 3.13. The van der Waals surface area contributed by atoms with Gasteiger partial charge in [-0.1, -0.05) is 54.6 Å². The van der Waals surface area contributed by atoms with Crippen molar-refractivity contribution in [2.45, 2.75) is 44.4 Å². The van der Waals surface area contributed by atoms with Crippen LogP contribution in [0.4, 0.5) is 4.79 Å². The molecule has 2 aliphatic rings. The summed E-state index contributed by atoms with van der Waals surface area (Å²) >= 11 is 0. The average molecular weight is 373 g/mol. The third kappa shape index (κ3) is 3.19. The van der Waals surface area contributed by atoms with E-state index < -0.39 is 0 Å². The van der Waals surface area contributed by atoms with Gasteiger partial charge in [0.2, 0.25) is 0 Å². The van der Waals surface area contributed by atoms with Crippen LogP contribution in [0.1, 0.15) is 37.0 Å². The molecule has 1 saturated heterocycles. The van der Waals surface area contributed by atoms with Crippen LogP contribution in [0.15, 0.2) is 71.2 Å². The summed E-state index contributed by atoms with van der Waals surface area (Å²) in [5.74, 6) is 0.926. The highest BCUT2D eigenvalue weighted by Crippen LogP contribution is 2.39. The molecule has 2 atom stereocenters. The number of hydrogen-bond acceptors (Lipinski definition) is 3. The second kappa shape index (κ2) is 7.19. The minimum atomic E-state index is -0.210. The van der Waals surface area contributed by atoms with Gasteiger partial charge >= 0.3 is 6.09 Å². The zero-order valence-electron chi connectivity index (χ0n) is 15.7. The fraction of sp³-hybridized carbons (Fsp3) is 0.292. The highest BCUT2D eigenvalue weighted by Gasteiger charge is 2.38. The molecule has 1 amide bonds. The van der Waals surface area contributed by atoms with Crippen molar-refractivity contribution in [2.24, 2.45) is 0 Å². The predicted octanol–water partition coefficient (Wildman–Crippen LogP) is 5.78. The summed E-state index contributed by atoms with van der Waals surface area (Å²) in [4.78, 5) is 14.8. The molecule has 5 rings (SSSR count). The number of ether oxygens (including phenoxy) is 1. The largest absolute Gasteiger partial charge is 0.456 e. The minimum absolute atomic E-state index is 0.0824. The third-order valence-corrected chi connectivity index (χ3v) is 5.80. The van der Waals surface area contributed by atoms with Crippen molar-refractivity contribution in [3.63, 3.8) is 0 Å². The van der Waals surface area contributed by atoms with Crippen molar-refractivity contribution in [2.75, 3.05) is 0 Å².